The molecule has 3 unspecified atom stereocenters. The van der Waals surface area contributed by atoms with E-state index in [9.17, 15) is 0 Å². The molecule has 0 amide bonds. The lowest BCUT2D eigenvalue weighted by Crippen LogP contribution is -2.68. The van der Waals surface area contributed by atoms with E-state index in [0.29, 0.717) is 12.8 Å². The monoisotopic (exact) mass is 628 g/mol. The number of hydrogen-bond donors (Lipinski definition) is 0. The lowest BCUT2D eigenvalue weighted by Gasteiger charge is -2.48. The van der Waals surface area contributed by atoms with E-state index in [1.807, 2.05) is 18.2 Å². The second-order valence-electron chi connectivity index (χ2n) is 13.0. The molecule has 5 heteroatoms. The van der Waals surface area contributed by atoms with Crippen molar-refractivity contribution in [3.8, 4) is 0 Å². The molecule has 1 fully saturated rings. The summed E-state index contributed by atoms with van der Waals surface area (Å²) in [6.07, 6.45) is -0.103. The van der Waals surface area contributed by atoms with Crippen LogP contribution < -0.4 is 10.4 Å². The molecule has 5 aromatic carbocycles. The first kappa shape index (κ1) is 32.1. The fourth-order valence-electron chi connectivity index (χ4n) is 6.99. The van der Waals surface area contributed by atoms with Gasteiger partial charge in [-0.05, 0) is 32.1 Å². The number of rotatable bonds is 10. The molecule has 0 aromatic heterocycles. The maximum absolute atomic E-state index is 7.61. The van der Waals surface area contributed by atoms with Crippen LogP contribution in [0.3, 0.4) is 0 Å². The Bertz CT molecular complexity index is 1500. The minimum Gasteiger partial charge on any atom is -0.404 e. The normalized spacial score (nSPS) is 19.1. The van der Waals surface area contributed by atoms with E-state index < -0.39 is 26.5 Å². The summed E-state index contributed by atoms with van der Waals surface area (Å²) in [5.41, 5.74) is 2.16. The smallest absolute Gasteiger partial charge is 0.261 e. The topological polar surface area (TPSA) is 36.9 Å². The molecule has 0 saturated carbocycles. The summed E-state index contributed by atoms with van der Waals surface area (Å²) in [5.74, 6) is 0. The molecule has 1 saturated heterocycles. The number of ether oxygens (including phenoxy) is 3. The van der Waals surface area contributed by atoms with Gasteiger partial charge in [0.05, 0.1) is 6.10 Å². The third-order valence-electron chi connectivity index (χ3n) is 9.09. The van der Waals surface area contributed by atoms with Crippen LogP contribution in [0.2, 0.25) is 5.04 Å². The minimum absolute atomic E-state index is 0.158. The first-order chi connectivity index (χ1) is 22.4. The summed E-state index contributed by atoms with van der Waals surface area (Å²) in [5, 5.41) is 2.34. The van der Waals surface area contributed by atoms with E-state index in [4.69, 9.17) is 18.6 Å². The van der Waals surface area contributed by atoms with Crippen molar-refractivity contribution < 1.29 is 18.6 Å². The van der Waals surface area contributed by atoms with E-state index in [1.165, 1.54) is 10.4 Å². The Morgan fingerprint density at radius 2 is 0.913 bits per heavy atom. The highest BCUT2D eigenvalue weighted by Crippen LogP contribution is 2.44. The highest BCUT2D eigenvalue weighted by molar-refractivity contribution is 6.99. The highest BCUT2D eigenvalue weighted by atomic mass is 28.4. The van der Waals surface area contributed by atoms with Crippen molar-refractivity contribution in [2.75, 3.05) is 7.11 Å². The van der Waals surface area contributed by atoms with Crippen LogP contribution in [0.15, 0.2) is 152 Å². The molecule has 0 spiro atoms. The van der Waals surface area contributed by atoms with Gasteiger partial charge in [0.15, 0.2) is 12.6 Å². The fourth-order valence-corrected chi connectivity index (χ4v) is 11.7. The number of benzene rings is 5. The summed E-state index contributed by atoms with van der Waals surface area (Å²) in [6, 6.07) is 52.9. The van der Waals surface area contributed by atoms with Crippen molar-refractivity contribution in [2.24, 2.45) is 0 Å². The van der Waals surface area contributed by atoms with Crippen LogP contribution in [-0.2, 0) is 24.2 Å². The Morgan fingerprint density at radius 3 is 1.28 bits per heavy atom. The van der Waals surface area contributed by atoms with Gasteiger partial charge in [-0.2, -0.15) is 0 Å². The molecule has 5 aromatic rings. The molecule has 1 aliphatic heterocycles. The molecular formula is C41H44O4Si. The van der Waals surface area contributed by atoms with E-state index in [2.05, 4.69) is 154 Å². The maximum Gasteiger partial charge on any atom is 0.261 e. The Labute approximate surface area is 275 Å². The largest absolute Gasteiger partial charge is 0.404 e. The van der Waals surface area contributed by atoms with Gasteiger partial charge in [0, 0.05) is 20.0 Å². The van der Waals surface area contributed by atoms with Gasteiger partial charge in [0.25, 0.3) is 8.32 Å². The fraction of sp³-hybridized carbons (Fsp3) is 0.268. The van der Waals surface area contributed by atoms with Crippen LogP contribution in [0.5, 0.6) is 0 Å². The van der Waals surface area contributed by atoms with Gasteiger partial charge in [0.2, 0.25) is 0 Å². The van der Waals surface area contributed by atoms with Gasteiger partial charge in [-0.1, -0.05) is 172 Å². The van der Waals surface area contributed by atoms with Gasteiger partial charge >= 0.3 is 0 Å². The van der Waals surface area contributed by atoms with Crippen molar-refractivity contribution in [1.29, 1.82) is 0 Å². The summed E-state index contributed by atoms with van der Waals surface area (Å²) in [6.45, 7) is 6.93. The SMILES string of the molecule is COC1CC(O[Si](c2ccccc2)(c2ccccc2)C(C)(C)C)CC(OC(c2ccccc2)(c2ccccc2)c2ccccc2)O1. The molecule has 236 valence electrons. The van der Waals surface area contributed by atoms with Gasteiger partial charge in [-0.25, -0.2) is 0 Å². The maximum atomic E-state index is 7.61. The molecule has 3 atom stereocenters. The third-order valence-corrected chi connectivity index (χ3v) is 14.2. The zero-order chi connectivity index (χ0) is 32.0. The molecule has 6 rings (SSSR count). The minimum atomic E-state index is -2.83. The molecule has 0 N–H and O–H groups in total. The van der Waals surface area contributed by atoms with E-state index >= 15 is 0 Å². The number of methoxy groups -OCH3 is 1. The Balaban J connectivity index is 1.44. The van der Waals surface area contributed by atoms with Crippen molar-refractivity contribution in [2.45, 2.75) is 62.9 Å². The second-order valence-corrected chi connectivity index (χ2v) is 17.3. The highest BCUT2D eigenvalue weighted by Gasteiger charge is 2.53. The molecule has 4 nitrogen and oxygen atoms in total. The lowest BCUT2D eigenvalue weighted by atomic mass is 9.80. The molecule has 1 heterocycles. The van der Waals surface area contributed by atoms with Crippen molar-refractivity contribution >= 4 is 18.7 Å². The zero-order valence-corrected chi connectivity index (χ0v) is 28.2. The molecule has 46 heavy (non-hydrogen) atoms. The van der Waals surface area contributed by atoms with Gasteiger partial charge in [-0.15, -0.1) is 0 Å². The van der Waals surface area contributed by atoms with E-state index in [-0.39, 0.29) is 11.1 Å². The van der Waals surface area contributed by atoms with Gasteiger partial charge in [0.1, 0.15) is 5.60 Å². The quantitative estimate of drug-likeness (QED) is 0.116. The average molecular weight is 629 g/mol. The number of hydrogen-bond acceptors (Lipinski definition) is 4. The first-order valence-corrected chi connectivity index (χ1v) is 18.1. The van der Waals surface area contributed by atoms with Crippen LogP contribution in [0.25, 0.3) is 0 Å². The van der Waals surface area contributed by atoms with Crippen molar-refractivity contribution in [3.05, 3.63) is 168 Å². The van der Waals surface area contributed by atoms with Gasteiger partial charge in [-0.3, -0.25) is 0 Å². The van der Waals surface area contributed by atoms with Crippen LogP contribution in [0.4, 0.5) is 0 Å². The summed E-state index contributed by atoms with van der Waals surface area (Å²) < 4.78 is 27.5. The average Bonchev–Trinajstić information content (AvgIpc) is 3.11. The Hall–Kier alpha value is -3.84. The predicted molar refractivity (Wildman–Crippen MR) is 188 cm³/mol. The van der Waals surface area contributed by atoms with Crippen LogP contribution in [-0.4, -0.2) is 34.1 Å². The summed E-state index contributed by atoms with van der Waals surface area (Å²) in [7, 11) is -1.13. The van der Waals surface area contributed by atoms with Crippen molar-refractivity contribution in [1.82, 2.24) is 0 Å². The zero-order valence-electron chi connectivity index (χ0n) is 27.2. The van der Waals surface area contributed by atoms with Crippen LogP contribution >= 0.6 is 0 Å². The lowest BCUT2D eigenvalue weighted by molar-refractivity contribution is -0.295. The molecule has 0 aliphatic carbocycles. The van der Waals surface area contributed by atoms with E-state index in [1.54, 1.807) is 7.11 Å². The molecular weight excluding hydrogens is 585 g/mol. The van der Waals surface area contributed by atoms with Crippen molar-refractivity contribution in [3.63, 3.8) is 0 Å². The Morgan fingerprint density at radius 1 is 0.543 bits per heavy atom. The third kappa shape index (κ3) is 6.26. The molecule has 0 radical (unpaired) electrons. The molecule has 1 aliphatic rings. The summed E-state index contributed by atoms with van der Waals surface area (Å²) in [4.78, 5) is 0. The van der Waals surface area contributed by atoms with E-state index in [0.717, 1.165) is 16.7 Å². The van der Waals surface area contributed by atoms with Crippen LogP contribution in [0.1, 0.15) is 50.3 Å². The van der Waals surface area contributed by atoms with Gasteiger partial charge < -0.3 is 18.6 Å². The second kappa shape index (κ2) is 13.9. The Kier molecular flexibility index (Phi) is 9.69. The summed E-state index contributed by atoms with van der Waals surface area (Å²) >= 11 is 0. The predicted octanol–water partition coefficient (Wildman–Crippen LogP) is 8.05. The van der Waals surface area contributed by atoms with Crippen LogP contribution in [0, 0.1) is 0 Å². The first-order valence-electron chi connectivity index (χ1n) is 16.2. The standard InChI is InChI=1S/C41H44O4Si/c1-40(2,3)46(36-26-16-8-17-27-36,37-28-18-9-19-29-37)45-35-30-38(42-4)43-39(31-35)44-41(32-20-10-5-11-21-32,33-22-12-6-13-23-33)34-24-14-7-15-25-34/h5-29,35,38-39H,30-31H2,1-4H3. The molecule has 0 bridgehead atoms.